The van der Waals surface area contributed by atoms with Gasteiger partial charge in [0.15, 0.2) is 0 Å². The van der Waals surface area contributed by atoms with Crippen molar-refractivity contribution in [3.63, 3.8) is 0 Å². The van der Waals surface area contributed by atoms with Gasteiger partial charge in [0.25, 0.3) is 10.0 Å². The van der Waals surface area contributed by atoms with Gasteiger partial charge >= 0.3 is 0 Å². The topological polar surface area (TPSA) is 76.9 Å². The van der Waals surface area contributed by atoms with E-state index in [1.807, 2.05) is 6.92 Å². The number of rotatable bonds is 4. The van der Waals surface area contributed by atoms with Crippen LogP contribution in [0.25, 0.3) is 5.69 Å². The van der Waals surface area contributed by atoms with Crippen LogP contribution in [0.5, 0.6) is 0 Å². The normalized spacial score (nSPS) is 11.4. The van der Waals surface area contributed by atoms with Gasteiger partial charge in [-0.05, 0) is 52.7 Å². The van der Waals surface area contributed by atoms with E-state index in [4.69, 9.17) is 0 Å². The van der Waals surface area contributed by atoms with Gasteiger partial charge < -0.3 is 0 Å². The molecule has 1 heterocycles. The average molecular weight is 393 g/mol. The summed E-state index contributed by atoms with van der Waals surface area (Å²) in [7, 11) is -3.73. The summed E-state index contributed by atoms with van der Waals surface area (Å²) in [6.07, 6.45) is 2.90. The van der Waals surface area contributed by atoms with Crippen molar-refractivity contribution in [3.05, 3.63) is 65.2 Å². The zero-order chi connectivity index (χ0) is 16.4. The van der Waals surface area contributed by atoms with Crippen molar-refractivity contribution in [2.75, 3.05) is 4.72 Å². The molecular weight excluding hydrogens is 380 g/mol. The molecule has 3 rings (SSSR count). The first-order valence-electron chi connectivity index (χ1n) is 6.70. The molecule has 0 unspecified atom stereocenters. The van der Waals surface area contributed by atoms with Crippen molar-refractivity contribution < 1.29 is 8.42 Å². The lowest BCUT2D eigenvalue weighted by molar-refractivity contribution is 0.600. The van der Waals surface area contributed by atoms with E-state index in [1.54, 1.807) is 42.5 Å². The van der Waals surface area contributed by atoms with E-state index >= 15 is 0 Å². The molecule has 2 aromatic carbocycles. The van der Waals surface area contributed by atoms with Crippen molar-refractivity contribution in [2.24, 2.45) is 0 Å². The maximum absolute atomic E-state index is 12.7. The molecular formula is C15H13BrN4O2S. The summed E-state index contributed by atoms with van der Waals surface area (Å²) < 4.78 is 30.0. The fraction of sp³-hybridized carbons (Fsp3) is 0.0667. The summed E-state index contributed by atoms with van der Waals surface area (Å²) in [6, 6.07) is 12.1. The molecule has 0 aliphatic heterocycles. The standard InChI is InChI=1S/C15H13BrN4O2S/c1-11-6-7-15(12(16)8-11)23(21,22)19-13-4-2-3-5-14(13)20-10-17-9-18-20/h2-10,19H,1H3. The molecule has 1 N–H and O–H groups in total. The summed E-state index contributed by atoms with van der Waals surface area (Å²) in [5, 5.41) is 4.04. The SMILES string of the molecule is Cc1ccc(S(=O)(=O)Nc2ccccc2-n2cncn2)c(Br)c1. The maximum Gasteiger partial charge on any atom is 0.263 e. The zero-order valence-corrected chi connectivity index (χ0v) is 14.5. The highest BCUT2D eigenvalue weighted by atomic mass is 79.9. The minimum Gasteiger partial charge on any atom is -0.277 e. The fourth-order valence-electron chi connectivity index (χ4n) is 2.12. The number of aromatic nitrogens is 3. The van der Waals surface area contributed by atoms with E-state index in [0.29, 0.717) is 15.8 Å². The number of nitrogens with zero attached hydrogens (tertiary/aromatic N) is 3. The Bertz CT molecular complexity index is 940. The Balaban J connectivity index is 2.02. The molecule has 23 heavy (non-hydrogen) atoms. The quantitative estimate of drug-likeness (QED) is 0.739. The third-order valence-corrected chi connectivity index (χ3v) is 5.53. The first-order chi connectivity index (χ1) is 11.0. The summed E-state index contributed by atoms with van der Waals surface area (Å²) in [5.74, 6) is 0. The number of hydrogen-bond donors (Lipinski definition) is 1. The molecule has 0 fully saturated rings. The number of anilines is 1. The molecule has 0 saturated heterocycles. The highest BCUT2D eigenvalue weighted by molar-refractivity contribution is 9.10. The van der Waals surface area contributed by atoms with Crippen LogP contribution in [-0.4, -0.2) is 23.2 Å². The Labute approximate surface area is 142 Å². The van der Waals surface area contributed by atoms with Crippen LogP contribution in [0.1, 0.15) is 5.56 Å². The van der Waals surface area contributed by atoms with Crippen LogP contribution in [0.15, 0.2) is 64.5 Å². The summed E-state index contributed by atoms with van der Waals surface area (Å²) in [4.78, 5) is 4.06. The monoisotopic (exact) mass is 392 g/mol. The molecule has 0 aliphatic rings. The maximum atomic E-state index is 12.7. The molecule has 6 nitrogen and oxygen atoms in total. The predicted molar refractivity (Wildman–Crippen MR) is 91.0 cm³/mol. The predicted octanol–water partition coefficient (Wildman–Crippen LogP) is 3.14. The number of hydrogen-bond acceptors (Lipinski definition) is 4. The number of nitrogens with one attached hydrogen (secondary N) is 1. The molecule has 0 saturated carbocycles. The Morgan fingerprint density at radius 3 is 2.65 bits per heavy atom. The van der Waals surface area contributed by atoms with Gasteiger partial charge in [-0.2, -0.15) is 5.10 Å². The highest BCUT2D eigenvalue weighted by Crippen LogP contribution is 2.27. The number of halogens is 1. The van der Waals surface area contributed by atoms with E-state index in [0.717, 1.165) is 5.56 Å². The van der Waals surface area contributed by atoms with Crippen LogP contribution in [0.2, 0.25) is 0 Å². The van der Waals surface area contributed by atoms with E-state index in [1.165, 1.54) is 17.3 Å². The van der Waals surface area contributed by atoms with Crippen LogP contribution >= 0.6 is 15.9 Å². The van der Waals surface area contributed by atoms with Crippen molar-refractivity contribution in [3.8, 4) is 5.69 Å². The van der Waals surface area contributed by atoms with Gasteiger partial charge in [0.2, 0.25) is 0 Å². The second-order valence-corrected chi connectivity index (χ2v) is 7.40. The molecule has 0 aliphatic carbocycles. The smallest absolute Gasteiger partial charge is 0.263 e. The molecule has 0 atom stereocenters. The van der Waals surface area contributed by atoms with Crippen LogP contribution in [0, 0.1) is 6.92 Å². The second kappa shape index (κ2) is 6.13. The minimum absolute atomic E-state index is 0.177. The number of para-hydroxylation sites is 2. The lowest BCUT2D eigenvalue weighted by Crippen LogP contribution is -2.15. The van der Waals surface area contributed by atoms with Gasteiger partial charge in [-0.1, -0.05) is 18.2 Å². The molecule has 0 radical (unpaired) electrons. The van der Waals surface area contributed by atoms with E-state index in [2.05, 4.69) is 30.7 Å². The third kappa shape index (κ3) is 3.27. The van der Waals surface area contributed by atoms with Gasteiger partial charge in [0, 0.05) is 4.47 Å². The fourth-order valence-corrected chi connectivity index (χ4v) is 4.38. The minimum atomic E-state index is -3.73. The van der Waals surface area contributed by atoms with Gasteiger partial charge in [-0.25, -0.2) is 18.1 Å². The number of sulfonamides is 1. The molecule has 8 heteroatoms. The van der Waals surface area contributed by atoms with Gasteiger partial charge in [0.05, 0.1) is 11.4 Å². The van der Waals surface area contributed by atoms with Crippen LogP contribution in [-0.2, 0) is 10.0 Å². The highest BCUT2D eigenvalue weighted by Gasteiger charge is 2.19. The summed E-state index contributed by atoms with van der Waals surface area (Å²) in [5.41, 5.74) is 1.99. The van der Waals surface area contributed by atoms with Gasteiger partial charge in [0.1, 0.15) is 17.6 Å². The Hall–Kier alpha value is -2.19. The summed E-state index contributed by atoms with van der Waals surface area (Å²) in [6.45, 7) is 1.90. The lowest BCUT2D eigenvalue weighted by Gasteiger charge is -2.13. The number of benzene rings is 2. The largest absolute Gasteiger partial charge is 0.277 e. The number of aryl methyl sites for hydroxylation is 1. The van der Waals surface area contributed by atoms with Crippen molar-refractivity contribution in [1.29, 1.82) is 0 Å². The second-order valence-electron chi connectivity index (χ2n) is 4.90. The lowest BCUT2D eigenvalue weighted by atomic mass is 10.2. The summed E-state index contributed by atoms with van der Waals surface area (Å²) >= 11 is 3.31. The van der Waals surface area contributed by atoms with Crippen molar-refractivity contribution >= 4 is 31.6 Å². The average Bonchev–Trinajstić information content (AvgIpc) is 3.01. The van der Waals surface area contributed by atoms with Crippen LogP contribution < -0.4 is 4.72 Å². The van der Waals surface area contributed by atoms with E-state index in [-0.39, 0.29) is 4.90 Å². The first kappa shape index (κ1) is 15.7. The van der Waals surface area contributed by atoms with Gasteiger partial charge in [-0.3, -0.25) is 4.72 Å². The molecule has 1 aromatic heterocycles. The molecule has 0 bridgehead atoms. The third-order valence-electron chi connectivity index (χ3n) is 3.19. The molecule has 0 spiro atoms. The Kier molecular flexibility index (Phi) is 4.18. The van der Waals surface area contributed by atoms with Crippen molar-refractivity contribution in [1.82, 2.24) is 14.8 Å². The van der Waals surface area contributed by atoms with Crippen LogP contribution in [0.4, 0.5) is 5.69 Å². The van der Waals surface area contributed by atoms with E-state index in [9.17, 15) is 8.42 Å². The molecule has 0 amide bonds. The van der Waals surface area contributed by atoms with Crippen molar-refractivity contribution in [2.45, 2.75) is 11.8 Å². The molecule has 118 valence electrons. The Morgan fingerprint density at radius 2 is 1.96 bits per heavy atom. The zero-order valence-electron chi connectivity index (χ0n) is 12.1. The van der Waals surface area contributed by atoms with Crippen LogP contribution in [0.3, 0.4) is 0 Å². The van der Waals surface area contributed by atoms with Gasteiger partial charge in [-0.15, -0.1) is 0 Å². The first-order valence-corrected chi connectivity index (χ1v) is 8.98. The van der Waals surface area contributed by atoms with E-state index < -0.39 is 10.0 Å². The Morgan fingerprint density at radius 1 is 1.17 bits per heavy atom. The molecule has 3 aromatic rings.